The van der Waals surface area contributed by atoms with Gasteiger partial charge in [-0.15, -0.1) is 0 Å². The second-order valence-corrected chi connectivity index (χ2v) is 6.60. The third-order valence-corrected chi connectivity index (χ3v) is 4.48. The van der Waals surface area contributed by atoms with Crippen LogP contribution in [0.15, 0.2) is 36.7 Å². The average Bonchev–Trinajstić information content (AvgIpc) is 3.27. The molecule has 1 aliphatic carbocycles. The highest BCUT2D eigenvalue weighted by molar-refractivity contribution is 5.22. The van der Waals surface area contributed by atoms with Crippen LogP contribution in [0.4, 0.5) is 10.1 Å². The molecule has 1 fully saturated rings. The number of rotatable bonds is 8. The standard InChI is InChI=1S/C17H21FN4O3/c1-20(10-16(23)11-21-9-15(8-19-21)22(24)25)17(12-2-3-12)13-4-6-14(18)7-5-13/h4-9,12,16-17,23H,2-3,10-11H2,1H3. The minimum Gasteiger partial charge on any atom is -0.390 e. The molecule has 1 aliphatic rings. The number of hydrogen-bond donors (Lipinski definition) is 1. The summed E-state index contributed by atoms with van der Waals surface area (Å²) in [6.45, 7) is 0.575. The van der Waals surface area contributed by atoms with Crippen LogP contribution in [0.3, 0.4) is 0 Å². The Morgan fingerprint density at radius 3 is 2.68 bits per heavy atom. The Morgan fingerprint density at radius 1 is 1.44 bits per heavy atom. The number of benzene rings is 1. The van der Waals surface area contributed by atoms with E-state index >= 15 is 0 Å². The molecule has 25 heavy (non-hydrogen) atoms. The van der Waals surface area contributed by atoms with Gasteiger partial charge in [-0.05, 0) is 43.5 Å². The Labute approximate surface area is 144 Å². The van der Waals surface area contributed by atoms with E-state index in [4.69, 9.17) is 0 Å². The summed E-state index contributed by atoms with van der Waals surface area (Å²) in [7, 11) is 1.93. The molecule has 1 aromatic carbocycles. The van der Waals surface area contributed by atoms with E-state index in [1.807, 2.05) is 7.05 Å². The summed E-state index contributed by atoms with van der Waals surface area (Å²) >= 11 is 0. The maximum Gasteiger partial charge on any atom is 0.306 e. The van der Waals surface area contributed by atoms with Crippen molar-refractivity contribution in [2.45, 2.75) is 31.5 Å². The third-order valence-electron chi connectivity index (χ3n) is 4.48. The minimum atomic E-state index is -0.716. The van der Waals surface area contributed by atoms with Crippen LogP contribution in [-0.2, 0) is 6.54 Å². The SMILES string of the molecule is CN(CC(O)Cn1cc([N+](=O)[O-])cn1)C(c1ccc(F)cc1)C1CC1. The Bertz CT molecular complexity index is 730. The van der Waals surface area contributed by atoms with Crippen LogP contribution in [0.5, 0.6) is 0 Å². The van der Waals surface area contributed by atoms with Crippen molar-refractivity contribution in [3.05, 3.63) is 58.2 Å². The number of aromatic nitrogens is 2. The normalized spacial score (nSPS) is 16.8. The van der Waals surface area contributed by atoms with E-state index in [1.165, 1.54) is 29.2 Å². The Morgan fingerprint density at radius 2 is 2.12 bits per heavy atom. The van der Waals surface area contributed by atoms with E-state index in [0.29, 0.717) is 12.5 Å². The van der Waals surface area contributed by atoms with Crippen LogP contribution < -0.4 is 0 Å². The Hall–Kier alpha value is -2.32. The van der Waals surface area contributed by atoms with Crippen LogP contribution in [-0.4, -0.2) is 44.4 Å². The van der Waals surface area contributed by atoms with Crippen molar-refractivity contribution in [1.29, 1.82) is 0 Å². The first kappa shape index (κ1) is 17.5. The number of aliphatic hydroxyl groups is 1. The molecule has 0 aliphatic heterocycles. The zero-order valence-electron chi connectivity index (χ0n) is 14.0. The maximum atomic E-state index is 13.2. The van der Waals surface area contributed by atoms with Gasteiger partial charge < -0.3 is 5.11 Å². The van der Waals surface area contributed by atoms with Crippen LogP contribution >= 0.6 is 0 Å². The molecule has 1 aromatic heterocycles. The van der Waals surface area contributed by atoms with Crippen LogP contribution in [0.25, 0.3) is 0 Å². The summed E-state index contributed by atoms with van der Waals surface area (Å²) in [5.74, 6) is 0.245. The third kappa shape index (κ3) is 4.40. The molecule has 8 heteroatoms. The Balaban J connectivity index is 1.63. The van der Waals surface area contributed by atoms with Crippen molar-refractivity contribution >= 4 is 5.69 Å². The summed E-state index contributed by atoms with van der Waals surface area (Å²) in [5, 5.41) is 24.9. The fourth-order valence-corrected chi connectivity index (χ4v) is 3.22. The number of hydrogen-bond acceptors (Lipinski definition) is 5. The second kappa shape index (κ2) is 7.28. The predicted octanol–water partition coefficient (Wildman–Crippen LogP) is 2.37. The monoisotopic (exact) mass is 348 g/mol. The average molecular weight is 348 g/mol. The quantitative estimate of drug-likeness (QED) is 0.585. The molecule has 0 saturated heterocycles. The van der Waals surface area contributed by atoms with Crippen LogP contribution in [0, 0.1) is 21.8 Å². The van der Waals surface area contributed by atoms with Crippen molar-refractivity contribution in [2.75, 3.05) is 13.6 Å². The van der Waals surface area contributed by atoms with Gasteiger partial charge in [0.2, 0.25) is 0 Å². The van der Waals surface area contributed by atoms with Gasteiger partial charge in [0.05, 0.1) is 17.6 Å². The van der Waals surface area contributed by atoms with Gasteiger partial charge in [0.1, 0.15) is 18.2 Å². The molecule has 2 unspecified atom stereocenters. The van der Waals surface area contributed by atoms with Crippen molar-refractivity contribution < 1.29 is 14.4 Å². The highest BCUT2D eigenvalue weighted by Gasteiger charge is 2.35. The zero-order valence-corrected chi connectivity index (χ0v) is 14.0. The topological polar surface area (TPSA) is 84.4 Å². The zero-order chi connectivity index (χ0) is 18.0. The van der Waals surface area contributed by atoms with Gasteiger partial charge >= 0.3 is 5.69 Å². The first-order valence-corrected chi connectivity index (χ1v) is 8.24. The van der Waals surface area contributed by atoms with Gasteiger partial charge in [0.15, 0.2) is 0 Å². The Kier molecular flexibility index (Phi) is 5.10. The van der Waals surface area contributed by atoms with Crippen LogP contribution in [0.1, 0.15) is 24.4 Å². The van der Waals surface area contributed by atoms with Gasteiger partial charge in [-0.1, -0.05) is 12.1 Å². The van der Waals surface area contributed by atoms with Crippen molar-refractivity contribution in [1.82, 2.24) is 14.7 Å². The molecule has 3 rings (SSSR count). The van der Waals surface area contributed by atoms with Crippen molar-refractivity contribution in [3.8, 4) is 0 Å². The molecule has 1 heterocycles. The van der Waals surface area contributed by atoms with E-state index in [1.54, 1.807) is 12.1 Å². The molecule has 134 valence electrons. The van der Waals surface area contributed by atoms with Crippen LogP contribution in [0.2, 0.25) is 0 Å². The lowest BCUT2D eigenvalue weighted by atomic mass is 10.0. The lowest BCUT2D eigenvalue weighted by Crippen LogP contribution is -2.35. The molecule has 1 saturated carbocycles. The molecule has 1 N–H and O–H groups in total. The molecule has 0 spiro atoms. The maximum absolute atomic E-state index is 13.2. The first-order chi connectivity index (χ1) is 11.9. The number of halogens is 1. The molecule has 7 nitrogen and oxygen atoms in total. The number of nitrogens with zero attached hydrogens (tertiary/aromatic N) is 4. The van der Waals surface area contributed by atoms with Gasteiger partial charge in [-0.2, -0.15) is 5.10 Å². The molecule has 2 atom stereocenters. The first-order valence-electron chi connectivity index (χ1n) is 8.24. The number of likely N-dealkylation sites (N-methyl/N-ethyl adjacent to an activating group) is 1. The predicted molar refractivity (Wildman–Crippen MR) is 89.4 cm³/mol. The summed E-state index contributed by atoms with van der Waals surface area (Å²) in [6.07, 6.45) is 4.00. The van der Waals surface area contributed by atoms with Gasteiger partial charge in [0.25, 0.3) is 0 Å². The molecular weight excluding hydrogens is 327 g/mol. The molecule has 0 radical (unpaired) electrons. The minimum absolute atomic E-state index is 0.0947. The van der Waals surface area contributed by atoms with E-state index < -0.39 is 11.0 Å². The molecular formula is C17H21FN4O3. The largest absolute Gasteiger partial charge is 0.390 e. The van der Waals surface area contributed by atoms with E-state index in [9.17, 15) is 19.6 Å². The smallest absolute Gasteiger partial charge is 0.306 e. The second-order valence-electron chi connectivity index (χ2n) is 6.60. The number of aliphatic hydroxyl groups excluding tert-OH is 1. The molecule has 0 amide bonds. The highest BCUT2D eigenvalue weighted by atomic mass is 19.1. The summed E-state index contributed by atoms with van der Waals surface area (Å²) in [4.78, 5) is 12.2. The van der Waals surface area contributed by atoms with Gasteiger partial charge in [0, 0.05) is 12.6 Å². The van der Waals surface area contributed by atoms with E-state index in [-0.39, 0.29) is 24.1 Å². The van der Waals surface area contributed by atoms with E-state index in [2.05, 4.69) is 10.00 Å². The summed E-state index contributed by atoms with van der Waals surface area (Å²) in [6, 6.07) is 6.62. The lowest BCUT2D eigenvalue weighted by Gasteiger charge is -2.30. The van der Waals surface area contributed by atoms with Crippen molar-refractivity contribution in [2.24, 2.45) is 5.92 Å². The van der Waals surface area contributed by atoms with Gasteiger partial charge in [-0.3, -0.25) is 19.7 Å². The highest BCUT2D eigenvalue weighted by Crippen LogP contribution is 2.44. The summed E-state index contributed by atoms with van der Waals surface area (Å²) in [5.41, 5.74) is 0.941. The van der Waals surface area contributed by atoms with Crippen molar-refractivity contribution in [3.63, 3.8) is 0 Å². The van der Waals surface area contributed by atoms with Gasteiger partial charge in [-0.25, -0.2) is 4.39 Å². The molecule has 2 aromatic rings. The summed E-state index contributed by atoms with van der Waals surface area (Å²) < 4.78 is 14.5. The van der Waals surface area contributed by atoms with E-state index in [0.717, 1.165) is 18.4 Å². The fourth-order valence-electron chi connectivity index (χ4n) is 3.22. The molecule has 0 bridgehead atoms. The fraction of sp³-hybridized carbons (Fsp3) is 0.471. The number of nitro groups is 1. The lowest BCUT2D eigenvalue weighted by molar-refractivity contribution is -0.385.